The Bertz CT molecular complexity index is 407. The van der Waals surface area contributed by atoms with Crippen LogP contribution in [-0.4, -0.2) is 16.6 Å². The van der Waals surface area contributed by atoms with Crippen LogP contribution in [0.3, 0.4) is 0 Å². The molecule has 5 N–H and O–H groups in total. The number of hydrogen-bond acceptors (Lipinski definition) is 5. The van der Waals surface area contributed by atoms with E-state index in [-0.39, 0.29) is 11.4 Å². The van der Waals surface area contributed by atoms with E-state index in [2.05, 4.69) is 0 Å². The molecule has 0 unspecified atom stereocenters. The van der Waals surface area contributed by atoms with Crippen molar-refractivity contribution >= 4 is 5.69 Å². The molecule has 0 aliphatic rings. The average molecular weight is 225 g/mol. The normalized spacial score (nSPS) is 12.4. The lowest BCUT2D eigenvalue weighted by atomic mass is 10.0. The highest BCUT2D eigenvalue weighted by atomic mass is 16.6. The number of aryl methyl sites for hydroxylation is 1. The summed E-state index contributed by atoms with van der Waals surface area (Å²) in [4.78, 5) is 10.1. The third kappa shape index (κ3) is 2.29. The molecule has 0 radical (unpaired) electrons. The highest BCUT2D eigenvalue weighted by Gasteiger charge is 2.22. The maximum absolute atomic E-state index is 10.8. The fourth-order valence-corrected chi connectivity index (χ4v) is 1.56. The summed E-state index contributed by atoms with van der Waals surface area (Å²) in [7, 11) is 0. The smallest absolute Gasteiger partial charge is 0.313 e. The molecule has 0 aromatic heterocycles. The van der Waals surface area contributed by atoms with E-state index in [1.807, 2.05) is 0 Å². The van der Waals surface area contributed by atoms with Gasteiger partial charge in [-0.2, -0.15) is 0 Å². The van der Waals surface area contributed by atoms with Crippen LogP contribution in [0.15, 0.2) is 12.1 Å². The fourth-order valence-electron chi connectivity index (χ4n) is 1.56. The van der Waals surface area contributed by atoms with Gasteiger partial charge in [-0.15, -0.1) is 0 Å². The second-order valence-electron chi connectivity index (χ2n) is 3.61. The Morgan fingerprint density at radius 1 is 1.56 bits per heavy atom. The molecular weight excluding hydrogens is 210 g/mol. The maximum atomic E-state index is 10.8. The van der Waals surface area contributed by atoms with Gasteiger partial charge in [-0.3, -0.25) is 10.1 Å². The number of nitro benzene ring substituents is 1. The van der Waals surface area contributed by atoms with Gasteiger partial charge in [-0.05, 0) is 19.9 Å². The molecule has 0 aliphatic carbocycles. The Morgan fingerprint density at radius 2 is 2.19 bits per heavy atom. The lowest BCUT2D eigenvalue weighted by Crippen LogP contribution is -2.15. The van der Waals surface area contributed by atoms with Gasteiger partial charge in [0, 0.05) is 17.2 Å². The SMILES string of the molecule is Cc1ccc([C@@H](N)CCN)c(O)c1[N+](=O)[O-]. The van der Waals surface area contributed by atoms with Crippen molar-refractivity contribution in [2.75, 3.05) is 6.54 Å². The van der Waals surface area contributed by atoms with Crippen LogP contribution in [0.2, 0.25) is 0 Å². The van der Waals surface area contributed by atoms with E-state index in [9.17, 15) is 15.2 Å². The van der Waals surface area contributed by atoms with Gasteiger partial charge in [0.15, 0.2) is 5.75 Å². The third-order valence-corrected chi connectivity index (χ3v) is 2.44. The van der Waals surface area contributed by atoms with Crippen LogP contribution >= 0.6 is 0 Å². The van der Waals surface area contributed by atoms with Crippen LogP contribution in [0.25, 0.3) is 0 Å². The van der Waals surface area contributed by atoms with Gasteiger partial charge in [0.25, 0.3) is 0 Å². The van der Waals surface area contributed by atoms with E-state index in [0.717, 1.165) is 0 Å². The molecule has 0 spiro atoms. The molecule has 1 aromatic carbocycles. The number of nitro groups is 1. The van der Waals surface area contributed by atoms with Gasteiger partial charge >= 0.3 is 5.69 Å². The zero-order valence-corrected chi connectivity index (χ0v) is 9.01. The Labute approximate surface area is 93.0 Å². The van der Waals surface area contributed by atoms with Crippen LogP contribution in [0, 0.1) is 17.0 Å². The molecule has 6 heteroatoms. The van der Waals surface area contributed by atoms with Gasteiger partial charge in [-0.25, -0.2) is 0 Å². The number of benzene rings is 1. The predicted molar refractivity (Wildman–Crippen MR) is 60.1 cm³/mol. The van der Waals surface area contributed by atoms with Crippen molar-refractivity contribution in [3.63, 3.8) is 0 Å². The number of nitrogens with two attached hydrogens (primary N) is 2. The predicted octanol–water partition coefficient (Wildman–Crippen LogP) is 0.957. The van der Waals surface area contributed by atoms with E-state index >= 15 is 0 Å². The van der Waals surface area contributed by atoms with Gasteiger partial charge in [0.05, 0.1) is 4.92 Å². The molecule has 0 aliphatic heterocycles. The van der Waals surface area contributed by atoms with Crippen molar-refractivity contribution in [3.05, 3.63) is 33.4 Å². The van der Waals surface area contributed by atoms with Crippen molar-refractivity contribution in [1.82, 2.24) is 0 Å². The number of phenols is 1. The van der Waals surface area contributed by atoms with Gasteiger partial charge < -0.3 is 16.6 Å². The van der Waals surface area contributed by atoms with Crippen LogP contribution < -0.4 is 11.5 Å². The summed E-state index contributed by atoms with van der Waals surface area (Å²) in [5.74, 6) is -0.356. The summed E-state index contributed by atoms with van der Waals surface area (Å²) >= 11 is 0. The first-order valence-electron chi connectivity index (χ1n) is 4.91. The molecule has 0 saturated carbocycles. The zero-order valence-electron chi connectivity index (χ0n) is 9.01. The first-order chi connectivity index (χ1) is 7.49. The van der Waals surface area contributed by atoms with Crippen molar-refractivity contribution in [1.29, 1.82) is 0 Å². The fraction of sp³-hybridized carbons (Fsp3) is 0.400. The number of rotatable bonds is 4. The highest BCUT2D eigenvalue weighted by Crippen LogP contribution is 2.36. The number of phenolic OH excluding ortho intramolecular Hbond substituents is 1. The molecule has 0 heterocycles. The van der Waals surface area contributed by atoms with Crippen LogP contribution in [-0.2, 0) is 0 Å². The van der Waals surface area contributed by atoms with Crippen molar-refractivity contribution in [2.24, 2.45) is 11.5 Å². The topological polar surface area (TPSA) is 115 Å². The van der Waals surface area contributed by atoms with Crippen LogP contribution in [0.4, 0.5) is 5.69 Å². The van der Waals surface area contributed by atoms with E-state index in [0.29, 0.717) is 24.1 Å². The van der Waals surface area contributed by atoms with Gasteiger partial charge in [0.1, 0.15) is 0 Å². The zero-order chi connectivity index (χ0) is 12.3. The summed E-state index contributed by atoms with van der Waals surface area (Å²) in [6, 6.07) is 2.69. The lowest BCUT2D eigenvalue weighted by Gasteiger charge is -2.13. The first kappa shape index (κ1) is 12.4. The van der Waals surface area contributed by atoms with E-state index in [4.69, 9.17) is 11.5 Å². The summed E-state index contributed by atoms with van der Waals surface area (Å²) in [6.07, 6.45) is 0.466. The van der Waals surface area contributed by atoms with Crippen molar-refractivity contribution in [3.8, 4) is 5.75 Å². The first-order valence-corrected chi connectivity index (χ1v) is 4.91. The Kier molecular flexibility index (Phi) is 3.81. The Balaban J connectivity index is 3.23. The summed E-state index contributed by atoms with van der Waals surface area (Å²) in [6.45, 7) is 1.93. The van der Waals surface area contributed by atoms with Crippen molar-refractivity contribution < 1.29 is 10.0 Å². The molecule has 0 saturated heterocycles. The summed E-state index contributed by atoms with van der Waals surface area (Å²) in [5, 5.41) is 20.5. The minimum Gasteiger partial charge on any atom is -0.502 e. The highest BCUT2D eigenvalue weighted by molar-refractivity contribution is 5.56. The second-order valence-corrected chi connectivity index (χ2v) is 3.61. The largest absolute Gasteiger partial charge is 0.502 e. The Hall–Kier alpha value is -1.66. The second kappa shape index (κ2) is 4.91. The lowest BCUT2D eigenvalue weighted by molar-refractivity contribution is -0.386. The monoisotopic (exact) mass is 225 g/mol. The molecule has 0 amide bonds. The molecule has 16 heavy (non-hydrogen) atoms. The molecule has 0 fully saturated rings. The van der Waals surface area contributed by atoms with E-state index in [1.54, 1.807) is 19.1 Å². The Morgan fingerprint density at radius 3 is 2.69 bits per heavy atom. The molecule has 1 rings (SSSR count). The number of nitrogens with zero attached hydrogens (tertiary/aromatic N) is 1. The quantitative estimate of drug-likeness (QED) is 0.521. The number of hydrogen-bond donors (Lipinski definition) is 3. The minimum absolute atomic E-state index is 0.287. The molecule has 1 aromatic rings. The number of aromatic hydroxyl groups is 1. The van der Waals surface area contributed by atoms with Crippen molar-refractivity contribution in [2.45, 2.75) is 19.4 Å². The maximum Gasteiger partial charge on any atom is 0.313 e. The molecule has 1 atom stereocenters. The van der Waals surface area contributed by atoms with Crippen LogP contribution in [0.5, 0.6) is 5.75 Å². The molecule has 0 bridgehead atoms. The summed E-state index contributed by atoms with van der Waals surface area (Å²) < 4.78 is 0. The summed E-state index contributed by atoms with van der Waals surface area (Å²) in [5.41, 5.74) is 11.6. The molecule has 6 nitrogen and oxygen atoms in total. The standard InChI is InChI=1S/C10H15N3O3/c1-6-2-3-7(8(12)4-5-11)10(14)9(6)13(15)16/h2-3,8,14H,4-5,11-12H2,1H3/t8-/m0/s1. The van der Waals surface area contributed by atoms with Crippen LogP contribution in [0.1, 0.15) is 23.6 Å². The molecular formula is C10H15N3O3. The van der Waals surface area contributed by atoms with Gasteiger partial charge in [-0.1, -0.05) is 12.1 Å². The molecule has 88 valence electrons. The van der Waals surface area contributed by atoms with E-state index < -0.39 is 11.0 Å². The third-order valence-electron chi connectivity index (χ3n) is 2.44. The van der Waals surface area contributed by atoms with E-state index in [1.165, 1.54) is 0 Å². The average Bonchev–Trinajstić information content (AvgIpc) is 2.17. The minimum atomic E-state index is -0.608. The van der Waals surface area contributed by atoms with Gasteiger partial charge in [0.2, 0.25) is 0 Å².